The number of carbonyl (C=O) groups is 1. The molecule has 5 heterocycles. The molecule has 3 atom stereocenters. The van der Waals surface area contributed by atoms with Crippen molar-refractivity contribution in [3.8, 4) is 0 Å². The van der Waals surface area contributed by atoms with Crippen LogP contribution in [0.25, 0.3) is 4.96 Å². The molecule has 9 heteroatoms. The second-order valence-electron chi connectivity index (χ2n) is 7.39. The Balaban J connectivity index is 0.00000192. The van der Waals surface area contributed by atoms with E-state index in [4.69, 9.17) is 0 Å². The van der Waals surface area contributed by atoms with Crippen molar-refractivity contribution in [1.82, 2.24) is 24.6 Å². The minimum atomic E-state index is -0.144. The van der Waals surface area contributed by atoms with Gasteiger partial charge >= 0.3 is 0 Å². The molecule has 0 unspecified atom stereocenters. The number of rotatable bonds is 3. The SMILES string of the molecule is Cc1nc2sccn2c1C(=O)NC[C@H]1[C@@H]2CNC[C@@H](C2)c2cccc(=O)n21.Cl. The number of amides is 1. The van der Waals surface area contributed by atoms with Gasteiger partial charge in [0.15, 0.2) is 4.96 Å². The molecule has 28 heavy (non-hydrogen) atoms. The number of hydrogen-bond acceptors (Lipinski definition) is 5. The van der Waals surface area contributed by atoms with Crippen LogP contribution in [0.1, 0.15) is 40.3 Å². The van der Waals surface area contributed by atoms with E-state index in [0.29, 0.717) is 24.1 Å². The summed E-state index contributed by atoms with van der Waals surface area (Å²) < 4.78 is 3.73. The number of nitrogens with one attached hydrogen (secondary N) is 2. The average Bonchev–Trinajstić information content (AvgIpc) is 3.22. The smallest absolute Gasteiger partial charge is 0.270 e. The minimum Gasteiger partial charge on any atom is -0.349 e. The van der Waals surface area contributed by atoms with Crippen LogP contribution in [0.15, 0.2) is 34.6 Å². The van der Waals surface area contributed by atoms with Crippen LogP contribution in [-0.4, -0.2) is 39.5 Å². The van der Waals surface area contributed by atoms with Crippen LogP contribution in [0.3, 0.4) is 0 Å². The molecule has 7 nitrogen and oxygen atoms in total. The Kier molecular flexibility index (Phi) is 5.03. The number of aryl methyl sites for hydroxylation is 1. The number of fused-ring (bicyclic) bond motifs is 5. The number of halogens is 1. The molecular weight excluding hydrogens is 398 g/mol. The molecule has 1 amide bonds. The van der Waals surface area contributed by atoms with Crippen molar-refractivity contribution in [2.45, 2.75) is 25.3 Å². The van der Waals surface area contributed by atoms with E-state index in [2.05, 4.69) is 15.6 Å². The van der Waals surface area contributed by atoms with E-state index < -0.39 is 0 Å². The van der Waals surface area contributed by atoms with Crippen LogP contribution in [-0.2, 0) is 0 Å². The van der Waals surface area contributed by atoms with Crippen LogP contribution in [0, 0.1) is 12.8 Å². The molecule has 2 bridgehead atoms. The highest BCUT2D eigenvalue weighted by molar-refractivity contribution is 7.15. The van der Waals surface area contributed by atoms with Gasteiger partial charge in [-0.1, -0.05) is 6.07 Å². The van der Waals surface area contributed by atoms with Crippen LogP contribution in [0.5, 0.6) is 0 Å². The predicted molar refractivity (Wildman–Crippen MR) is 111 cm³/mol. The molecule has 0 radical (unpaired) electrons. The second-order valence-corrected chi connectivity index (χ2v) is 8.26. The lowest BCUT2D eigenvalue weighted by molar-refractivity contribution is 0.0925. The molecule has 2 N–H and O–H groups in total. The van der Waals surface area contributed by atoms with Crippen molar-refractivity contribution in [2.24, 2.45) is 5.92 Å². The Morgan fingerprint density at radius 3 is 3.11 bits per heavy atom. The molecule has 0 aliphatic carbocycles. The van der Waals surface area contributed by atoms with Gasteiger partial charge in [-0.25, -0.2) is 4.98 Å². The number of aromatic nitrogens is 3. The number of carbonyl (C=O) groups excluding carboxylic acids is 1. The highest BCUT2D eigenvalue weighted by atomic mass is 35.5. The van der Waals surface area contributed by atoms with Crippen molar-refractivity contribution < 1.29 is 4.79 Å². The number of imidazole rings is 1. The third-order valence-electron chi connectivity index (χ3n) is 5.82. The van der Waals surface area contributed by atoms with Gasteiger partial charge in [0.25, 0.3) is 11.5 Å². The van der Waals surface area contributed by atoms with Gasteiger partial charge in [-0.2, -0.15) is 0 Å². The van der Waals surface area contributed by atoms with Gasteiger partial charge in [0.1, 0.15) is 5.69 Å². The molecule has 3 aromatic rings. The second kappa shape index (κ2) is 7.35. The van der Waals surface area contributed by atoms with E-state index in [0.717, 1.165) is 35.9 Å². The Morgan fingerprint density at radius 2 is 2.25 bits per heavy atom. The van der Waals surface area contributed by atoms with E-state index in [-0.39, 0.29) is 29.9 Å². The standard InChI is InChI=1S/C19H21N5O2S.ClH/c1-11-17(23-5-6-27-19(23)22-11)18(26)21-10-15-13-7-12(8-20-9-13)14-3-2-4-16(25)24(14)15;/h2-6,12-13,15,20H,7-10H2,1H3,(H,21,26);1H/t12-,13+,15+;/m1./s1. The summed E-state index contributed by atoms with van der Waals surface area (Å²) in [6.07, 6.45) is 2.92. The Bertz CT molecular complexity index is 1090. The fraction of sp³-hybridized carbons (Fsp3) is 0.421. The number of hydrogen-bond donors (Lipinski definition) is 2. The number of pyridine rings is 1. The van der Waals surface area contributed by atoms with Gasteiger partial charge in [0, 0.05) is 48.9 Å². The molecule has 2 aliphatic rings. The molecule has 0 aromatic carbocycles. The molecule has 5 rings (SSSR count). The van der Waals surface area contributed by atoms with E-state index in [1.807, 2.05) is 39.6 Å². The quantitative estimate of drug-likeness (QED) is 0.680. The first-order chi connectivity index (χ1) is 13.1. The van der Waals surface area contributed by atoms with E-state index in [9.17, 15) is 9.59 Å². The lowest BCUT2D eigenvalue weighted by Gasteiger charge is -2.43. The first-order valence-electron chi connectivity index (χ1n) is 9.26. The predicted octanol–water partition coefficient (Wildman–Crippen LogP) is 1.97. The molecule has 1 fully saturated rings. The highest BCUT2D eigenvalue weighted by Crippen LogP contribution is 2.38. The van der Waals surface area contributed by atoms with Crippen LogP contribution in [0.4, 0.5) is 0 Å². The van der Waals surface area contributed by atoms with Crippen LogP contribution < -0.4 is 16.2 Å². The molecule has 148 valence electrons. The first-order valence-corrected chi connectivity index (χ1v) is 10.1. The Morgan fingerprint density at radius 1 is 1.39 bits per heavy atom. The first kappa shape index (κ1) is 19.2. The Hall–Kier alpha value is -2.16. The van der Waals surface area contributed by atoms with E-state index in [1.54, 1.807) is 6.07 Å². The summed E-state index contributed by atoms with van der Waals surface area (Å²) in [4.78, 5) is 30.7. The lowest BCUT2D eigenvalue weighted by atomic mass is 9.79. The van der Waals surface area contributed by atoms with Gasteiger partial charge in [-0.05, 0) is 25.3 Å². The van der Waals surface area contributed by atoms with Crippen LogP contribution >= 0.6 is 23.7 Å². The maximum atomic E-state index is 12.9. The zero-order valence-electron chi connectivity index (χ0n) is 15.4. The average molecular weight is 420 g/mol. The summed E-state index contributed by atoms with van der Waals surface area (Å²) >= 11 is 1.51. The zero-order valence-corrected chi connectivity index (χ0v) is 17.1. The highest BCUT2D eigenvalue weighted by Gasteiger charge is 2.38. The summed E-state index contributed by atoms with van der Waals surface area (Å²) in [6.45, 7) is 4.07. The molecule has 3 aromatic heterocycles. The van der Waals surface area contributed by atoms with Crippen molar-refractivity contribution in [1.29, 1.82) is 0 Å². The number of piperidine rings is 1. The van der Waals surface area contributed by atoms with Crippen molar-refractivity contribution in [3.05, 3.63) is 57.2 Å². The van der Waals surface area contributed by atoms with Crippen molar-refractivity contribution >= 4 is 34.6 Å². The minimum absolute atomic E-state index is 0. The maximum Gasteiger partial charge on any atom is 0.270 e. The van der Waals surface area contributed by atoms with Crippen LogP contribution in [0.2, 0.25) is 0 Å². The van der Waals surface area contributed by atoms with Gasteiger partial charge < -0.3 is 15.2 Å². The fourth-order valence-electron chi connectivity index (χ4n) is 4.62. The third kappa shape index (κ3) is 2.96. The van der Waals surface area contributed by atoms with Crippen molar-refractivity contribution in [2.75, 3.05) is 19.6 Å². The fourth-order valence-corrected chi connectivity index (χ4v) is 5.37. The normalized spacial score (nSPS) is 23.1. The Labute approximate surface area is 172 Å². The third-order valence-corrected chi connectivity index (χ3v) is 6.58. The van der Waals surface area contributed by atoms with Gasteiger partial charge in [0.05, 0.1) is 11.7 Å². The lowest BCUT2D eigenvalue weighted by Crippen LogP contribution is -2.50. The van der Waals surface area contributed by atoms with E-state index >= 15 is 0 Å². The molecular formula is C19H22ClN5O2S. The summed E-state index contributed by atoms with van der Waals surface area (Å²) in [5, 5.41) is 8.47. The van der Waals surface area contributed by atoms with Gasteiger partial charge in [-0.3, -0.25) is 14.0 Å². The number of nitrogens with zero attached hydrogens (tertiary/aromatic N) is 3. The molecule has 0 saturated carbocycles. The number of thiazole rings is 1. The summed E-state index contributed by atoms with van der Waals surface area (Å²) in [5.41, 5.74) is 2.39. The molecule has 2 aliphatic heterocycles. The van der Waals surface area contributed by atoms with Gasteiger partial charge in [-0.15, -0.1) is 23.7 Å². The summed E-state index contributed by atoms with van der Waals surface area (Å²) in [5.74, 6) is 0.561. The molecule has 0 spiro atoms. The zero-order chi connectivity index (χ0) is 18.5. The molecule has 1 saturated heterocycles. The largest absolute Gasteiger partial charge is 0.349 e. The monoisotopic (exact) mass is 419 g/mol. The van der Waals surface area contributed by atoms with Crippen molar-refractivity contribution in [3.63, 3.8) is 0 Å². The summed E-state index contributed by atoms with van der Waals surface area (Å²) in [6, 6.07) is 5.46. The summed E-state index contributed by atoms with van der Waals surface area (Å²) in [7, 11) is 0. The topological polar surface area (TPSA) is 80.4 Å². The maximum absolute atomic E-state index is 12.9. The van der Waals surface area contributed by atoms with Gasteiger partial charge in [0.2, 0.25) is 0 Å². The van der Waals surface area contributed by atoms with E-state index in [1.165, 1.54) is 11.3 Å².